The Morgan fingerprint density at radius 1 is 1.41 bits per heavy atom. The zero-order valence-electron chi connectivity index (χ0n) is 12.6. The number of nitrogens with one attached hydrogen (secondary N) is 2. The van der Waals surface area contributed by atoms with Crippen LogP contribution in [0.3, 0.4) is 0 Å². The van der Waals surface area contributed by atoms with Crippen molar-refractivity contribution in [1.82, 2.24) is 15.3 Å². The van der Waals surface area contributed by atoms with E-state index in [1.54, 1.807) is 18.2 Å². The molecule has 0 saturated carbocycles. The van der Waals surface area contributed by atoms with E-state index in [-0.39, 0.29) is 11.5 Å². The molecule has 22 heavy (non-hydrogen) atoms. The van der Waals surface area contributed by atoms with Crippen molar-refractivity contribution in [3.8, 4) is 0 Å². The normalized spacial score (nSPS) is 12.3. The summed E-state index contributed by atoms with van der Waals surface area (Å²) in [5.74, 6) is 0.470. The number of H-pyrrole nitrogens is 1. The first kappa shape index (κ1) is 16.1. The van der Waals surface area contributed by atoms with Crippen molar-refractivity contribution >= 4 is 16.8 Å². The van der Waals surface area contributed by atoms with Gasteiger partial charge in [0.25, 0.3) is 5.56 Å². The van der Waals surface area contributed by atoms with Crippen molar-refractivity contribution < 1.29 is 9.18 Å². The molecule has 0 aliphatic rings. The number of hydrogen-bond donors (Lipinski definition) is 2. The number of aryl methyl sites for hydroxylation is 1. The molecular formula is C16H20FN3O2. The third kappa shape index (κ3) is 4.65. The fourth-order valence-corrected chi connectivity index (χ4v) is 2.17. The number of hydrogen-bond acceptors (Lipinski definition) is 3. The van der Waals surface area contributed by atoms with Gasteiger partial charge in [0, 0.05) is 19.4 Å². The lowest BCUT2D eigenvalue weighted by Gasteiger charge is -2.06. The van der Waals surface area contributed by atoms with Gasteiger partial charge in [0.2, 0.25) is 5.91 Å². The highest BCUT2D eigenvalue weighted by Gasteiger charge is 2.06. The van der Waals surface area contributed by atoms with Crippen LogP contribution in [0, 0.1) is 0 Å². The molecule has 1 heterocycles. The maximum absolute atomic E-state index is 12.6. The summed E-state index contributed by atoms with van der Waals surface area (Å²) in [7, 11) is 0. The zero-order valence-corrected chi connectivity index (χ0v) is 12.6. The van der Waals surface area contributed by atoms with Gasteiger partial charge in [-0.15, -0.1) is 0 Å². The van der Waals surface area contributed by atoms with Gasteiger partial charge in [0.15, 0.2) is 0 Å². The number of alkyl halides is 1. The highest BCUT2D eigenvalue weighted by atomic mass is 19.1. The lowest BCUT2D eigenvalue weighted by molar-refractivity contribution is -0.121. The van der Waals surface area contributed by atoms with Gasteiger partial charge >= 0.3 is 0 Å². The van der Waals surface area contributed by atoms with Crippen molar-refractivity contribution in [2.24, 2.45) is 0 Å². The summed E-state index contributed by atoms with van der Waals surface area (Å²) in [6.07, 6.45) is 0.848. The Labute approximate surface area is 128 Å². The van der Waals surface area contributed by atoms with Gasteiger partial charge in [0.05, 0.1) is 17.1 Å². The van der Waals surface area contributed by atoms with Gasteiger partial charge in [-0.05, 0) is 31.9 Å². The van der Waals surface area contributed by atoms with E-state index in [0.29, 0.717) is 49.0 Å². The van der Waals surface area contributed by atoms with Gasteiger partial charge in [0.1, 0.15) is 5.82 Å². The number of carbonyl (C=O) groups is 1. The second-order valence-corrected chi connectivity index (χ2v) is 5.30. The Kier molecular flexibility index (Phi) is 5.63. The maximum atomic E-state index is 12.6. The standard InChI is InChI=1S/C16H20FN3O2/c1-11(17)9-10-18-15(21)8-4-7-14-19-13-6-3-2-5-12(13)16(22)20-14/h2-3,5-6,11H,4,7-10H2,1H3,(H,18,21)(H,19,20,22)/t11-/m1/s1. The Bertz CT molecular complexity index is 697. The first-order valence-electron chi connectivity index (χ1n) is 7.45. The highest BCUT2D eigenvalue weighted by Crippen LogP contribution is 2.07. The van der Waals surface area contributed by atoms with Crippen LogP contribution in [0.25, 0.3) is 10.9 Å². The van der Waals surface area contributed by atoms with Crippen LogP contribution in [0.15, 0.2) is 29.1 Å². The molecule has 0 radical (unpaired) electrons. The molecule has 2 rings (SSSR count). The largest absolute Gasteiger partial charge is 0.356 e. The summed E-state index contributed by atoms with van der Waals surface area (Å²) < 4.78 is 12.6. The smallest absolute Gasteiger partial charge is 0.258 e. The van der Waals surface area contributed by atoms with E-state index in [4.69, 9.17) is 0 Å². The van der Waals surface area contributed by atoms with Crippen LogP contribution in [-0.2, 0) is 11.2 Å². The fraction of sp³-hybridized carbons (Fsp3) is 0.438. The van der Waals surface area contributed by atoms with Gasteiger partial charge in [-0.25, -0.2) is 9.37 Å². The van der Waals surface area contributed by atoms with E-state index >= 15 is 0 Å². The number of nitrogens with zero attached hydrogens (tertiary/aromatic N) is 1. The third-order valence-corrected chi connectivity index (χ3v) is 3.34. The first-order chi connectivity index (χ1) is 10.6. The van der Waals surface area contributed by atoms with Gasteiger partial charge in [-0.1, -0.05) is 12.1 Å². The third-order valence-electron chi connectivity index (χ3n) is 3.34. The minimum absolute atomic E-state index is 0.108. The predicted octanol–water partition coefficient (Wildman–Crippen LogP) is 2.11. The molecule has 0 spiro atoms. The second-order valence-electron chi connectivity index (χ2n) is 5.30. The molecule has 0 fully saturated rings. The van der Waals surface area contributed by atoms with E-state index in [0.717, 1.165) is 0 Å². The molecule has 0 aliphatic heterocycles. The number of halogens is 1. The second kappa shape index (κ2) is 7.68. The van der Waals surface area contributed by atoms with E-state index in [1.807, 2.05) is 6.07 Å². The van der Waals surface area contributed by atoms with Crippen LogP contribution >= 0.6 is 0 Å². The number of para-hydroxylation sites is 1. The Hall–Kier alpha value is -2.24. The molecule has 0 bridgehead atoms. The molecular weight excluding hydrogens is 285 g/mol. The molecule has 5 nitrogen and oxygen atoms in total. The summed E-state index contributed by atoms with van der Waals surface area (Å²) in [5, 5.41) is 3.23. The van der Waals surface area contributed by atoms with Crippen LogP contribution in [0.2, 0.25) is 0 Å². The van der Waals surface area contributed by atoms with Crippen molar-refractivity contribution in [1.29, 1.82) is 0 Å². The number of benzene rings is 1. The van der Waals surface area contributed by atoms with Crippen LogP contribution in [0.1, 0.15) is 32.0 Å². The Morgan fingerprint density at radius 3 is 2.95 bits per heavy atom. The molecule has 2 aromatic rings. The molecule has 6 heteroatoms. The summed E-state index contributed by atoms with van der Waals surface area (Å²) in [6.45, 7) is 1.81. The number of rotatable bonds is 7. The summed E-state index contributed by atoms with van der Waals surface area (Å²) in [4.78, 5) is 30.6. The molecule has 118 valence electrons. The van der Waals surface area contributed by atoms with E-state index in [2.05, 4.69) is 15.3 Å². The SMILES string of the molecule is C[C@@H](F)CCNC(=O)CCCc1nc2ccccc2c(=O)[nH]1. The minimum atomic E-state index is -0.910. The van der Waals surface area contributed by atoms with Crippen molar-refractivity contribution in [2.75, 3.05) is 6.54 Å². The van der Waals surface area contributed by atoms with Crippen LogP contribution in [0.5, 0.6) is 0 Å². The molecule has 0 aliphatic carbocycles. The molecule has 0 unspecified atom stereocenters. The summed E-state index contributed by atoms with van der Waals surface area (Å²) >= 11 is 0. The number of carbonyl (C=O) groups excluding carboxylic acids is 1. The number of aromatic amines is 1. The molecule has 1 amide bonds. The molecule has 2 N–H and O–H groups in total. The minimum Gasteiger partial charge on any atom is -0.356 e. The molecule has 1 aromatic carbocycles. The zero-order chi connectivity index (χ0) is 15.9. The van der Waals surface area contributed by atoms with E-state index in [9.17, 15) is 14.0 Å². The van der Waals surface area contributed by atoms with Gasteiger partial charge in [-0.2, -0.15) is 0 Å². The van der Waals surface area contributed by atoms with E-state index in [1.165, 1.54) is 6.92 Å². The number of amides is 1. The average molecular weight is 305 g/mol. The molecule has 1 atom stereocenters. The quantitative estimate of drug-likeness (QED) is 0.822. The van der Waals surface area contributed by atoms with Crippen molar-refractivity contribution in [3.63, 3.8) is 0 Å². The monoisotopic (exact) mass is 305 g/mol. The molecule has 1 aromatic heterocycles. The predicted molar refractivity (Wildman–Crippen MR) is 83.5 cm³/mol. The highest BCUT2D eigenvalue weighted by molar-refractivity contribution is 5.77. The average Bonchev–Trinajstić information content (AvgIpc) is 2.47. The lowest BCUT2D eigenvalue weighted by Crippen LogP contribution is -2.25. The van der Waals surface area contributed by atoms with Crippen molar-refractivity contribution in [3.05, 3.63) is 40.4 Å². The lowest BCUT2D eigenvalue weighted by atomic mass is 10.2. The molecule has 0 saturated heterocycles. The number of aromatic nitrogens is 2. The topological polar surface area (TPSA) is 74.8 Å². The Balaban J connectivity index is 1.84. The van der Waals surface area contributed by atoms with Crippen molar-refractivity contribution in [2.45, 2.75) is 38.8 Å². The van der Waals surface area contributed by atoms with Crippen LogP contribution in [0.4, 0.5) is 4.39 Å². The first-order valence-corrected chi connectivity index (χ1v) is 7.45. The maximum Gasteiger partial charge on any atom is 0.258 e. The van der Waals surface area contributed by atoms with Gasteiger partial charge < -0.3 is 10.3 Å². The number of fused-ring (bicyclic) bond motifs is 1. The Morgan fingerprint density at radius 2 is 2.18 bits per heavy atom. The van der Waals surface area contributed by atoms with Crippen LogP contribution < -0.4 is 10.9 Å². The van der Waals surface area contributed by atoms with Crippen LogP contribution in [-0.4, -0.2) is 28.6 Å². The fourth-order valence-electron chi connectivity index (χ4n) is 2.17. The van der Waals surface area contributed by atoms with E-state index < -0.39 is 6.17 Å². The summed E-state index contributed by atoms with van der Waals surface area (Å²) in [6, 6.07) is 7.14. The summed E-state index contributed by atoms with van der Waals surface area (Å²) in [5.41, 5.74) is 0.490. The van der Waals surface area contributed by atoms with Gasteiger partial charge in [-0.3, -0.25) is 9.59 Å².